The van der Waals surface area contributed by atoms with Crippen LogP contribution in [0.5, 0.6) is 0 Å². The van der Waals surface area contributed by atoms with Crippen molar-refractivity contribution >= 4 is 23.2 Å². The minimum absolute atomic E-state index is 0.00658. The minimum Gasteiger partial charge on any atom is -0.397 e. The monoisotopic (exact) mass is 359 g/mol. The van der Waals surface area contributed by atoms with Crippen molar-refractivity contribution in [1.82, 2.24) is 0 Å². The van der Waals surface area contributed by atoms with Crippen LogP contribution in [-0.2, 0) is 20.5 Å². The van der Waals surface area contributed by atoms with Crippen molar-refractivity contribution < 1.29 is 27.5 Å². The molecule has 0 heterocycles. The first-order valence-electron chi connectivity index (χ1n) is 7.70. The Morgan fingerprint density at radius 3 is 2.52 bits per heavy atom. The second kappa shape index (κ2) is 7.30. The molecule has 0 bridgehead atoms. The summed E-state index contributed by atoms with van der Waals surface area (Å²) in [5.74, 6) is -1.11. The van der Waals surface area contributed by atoms with Crippen molar-refractivity contribution in [1.29, 1.82) is 0 Å². The fourth-order valence-corrected chi connectivity index (χ4v) is 2.87. The van der Waals surface area contributed by atoms with E-state index in [4.69, 9.17) is 16.2 Å². The van der Waals surface area contributed by atoms with E-state index in [2.05, 4.69) is 5.32 Å². The Balaban J connectivity index is 1.99. The summed E-state index contributed by atoms with van der Waals surface area (Å²) in [5.41, 5.74) is 9.87. The third-order valence-corrected chi connectivity index (χ3v) is 4.45. The van der Waals surface area contributed by atoms with E-state index in [1.54, 1.807) is 0 Å². The maximum atomic E-state index is 12.8. The van der Waals surface area contributed by atoms with Crippen molar-refractivity contribution in [2.75, 3.05) is 18.2 Å². The molecule has 2 rings (SSSR count). The van der Waals surface area contributed by atoms with Gasteiger partial charge in [-0.3, -0.25) is 9.59 Å². The van der Waals surface area contributed by atoms with Gasteiger partial charge in [-0.1, -0.05) is 0 Å². The maximum absolute atomic E-state index is 12.8. The number of amides is 2. The Hall–Kier alpha value is -2.29. The molecule has 1 aliphatic rings. The molecule has 1 saturated carbocycles. The Labute approximate surface area is 142 Å². The summed E-state index contributed by atoms with van der Waals surface area (Å²) in [7, 11) is 1.44. The van der Waals surface area contributed by atoms with Crippen LogP contribution < -0.4 is 16.8 Å². The summed E-state index contributed by atoms with van der Waals surface area (Å²) in [4.78, 5) is 23.2. The second-order valence-corrected chi connectivity index (χ2v) is 6.16. The van der Waals surface area contributed by atoms with Gasteiger partial charge in [0.25, 0.3) is 0 Å². The van der Waals surface area contributed by atoms with Gasteiger partial charge in [0.1, 0.15) is 0 Å². The van der Waals surface area contributed by atoms with E-state index in [1.807, 2.05) is 0 Å². The first-order chi connectivity index (χ1) is 11.6. The number of carbonyl (C=O) groups excluding carboxylic acids is 2. The normalized spacial score (nSPS) is 21.3. The fourth-order valence-electron chi connectivity index (χ4n) is 2.87. The topological polar surface area (TPSA) is 107 Å². The molecule has 1 aliphatic carbocycles. The molecule has 1 unspecified atom stereocenters. The Morgan fingerprint density at radius 2 is 2.00 bits per heavy atom. The third-order valence-electron chi connectivity index (χ3n) is 4.45. The van der Waals surface area contributed by atoms with Crippen LogP contribution in [-0.4, -0.2) is 25.0 Å². The molecule has 138 valence electrons. The number of anilines is 2. The molecule has 0 aliphatic heterocycles. The Bertz CT molecular complexity index is 658. The van der Waals surface area contributed by atoms with Gasteiger partial charge in [-0.15, -0.1) is 0 Å². The van der Waals surface area contributed by atoms with Crippen molar-refractivity contribution in [2.24, 2.45) is 17.6 Å². The molecule has 1 atom stereocenters. The number of benzene rings is 1. The van der Waals surface area contributed by atoms with Crippen molar-refractivity contribution in [3.8, 4) is 0 Å². The molecule has 25 heavy (non-hydrogen) atoms. The zero-order valence-electron chi connectivity index (χ0n) is 13.6. The molecule has 0 saturated heterocycles. The van der Waals surface area contributed by atoms with Crippen LogP contribution >= 0.6 is 0 Å². The highest BCUT2D eigenvalue weighted by atomic mass is 19.4. The quantitative estimate of drug-likeness (QED) is 0.676. The van der Waals surface area contributed by atoms with Crippen LogP contribution in [0.15, 0.2) is 18.2 Å². The highest BCUT2D eigenvalue weighted by Gasteiger charge is 2.39. The Morgan fingerprint density at radius 1 is 1.36 bits per heavy atom. The summed E-state index contributed by atoms with van der Waals surface area (Å²) in [6.07, 6.45) is -3.96. The summed E-state index contributed by atoms with van der Waals surface area (Å²) >= 11 is 0. The molecule has 5 N–H and O–H groups in total. The summed E-state index contributed by atoms with van der Waals surface area (Å²) in [6, 6.07) is 2.73. The van der Waals surface area contributed by atoms with Crippen molar-refractivity contribution in [3.05, 3.63) is 23.8 Å². The summed E-state index contributed by atoms with van der Waals surface area (Å²) in [5, 5.41) is 2.39. The lowest BCUT2D eigenvalue weighted by atomic mass is 9.71. The number of nitrogens with one attached hydrogen (secondary N) is 1. The molecular weight excluding hydrogens is 339 g/mol. The van der Waals surface area contributed by atoms with Crippen LogP contribution in [0.1, 0.15) is 24.8 Å². The average molecular weight is 359 g/mol. The van der Waals surface area contributed by atoms with Gasteiger partial charge in [-0.25, -0.2) is 0 Å². The maximum Gasteiger partial charge on any atom is 0.416 e. The highest BCUT2D eigenvalue weighted by molar-refractivity contribution is 5.94. The smallest absolute Gasteiger partial charge is 0.397 e. The van der Waals surface area contributed by atoms with Gasteiger partial charge >= 0.3 is 6.18 Å². The lowest BCUT2D eigenvalue weighted by Crippen LogP contribution is -2.42. The number of ether oxygens (including phenoxy) is 1. The minimum atomic E-state index is -4.53. The van der Waals surface area contributed by atoms with E-state index in [0.717, 1.165) is 18.2 Å². The largest absolute Gasteiger partial charge is 0.416 e. The predicted molar refractivity (Wildman–Crippen MR) is 85.3 cm³/mol. The van der Waals surface area contributed by atoms with Crippen LogP contribution in [0.3, 0.4) is 0 Å². The van der Waals surface area contributed by atoms with Gasteiger partial charge in [-0.2, -0.15) is 13.2 Å². The van der Waals surface area contributed by atoms with Gasteiger partial charge in [0.05, 0.1) is 29.5 Å². The standard InChI is InChI=1S/C16H20F3N3O3/c1-25-13(8-4-9(5-8)15(21)24)7-14(23)22-12-6-10(16(17,18)19)2-3-11(12)20/h2-3,6,8-9,13H,4-5,7,20H2,1H3,(H2,21,24)(H,22,23). The van der Waals surface area contributed by atoms with Gasteiger partial charge in [0, 0.05) is 13.0 Å². The van der Waals surface area contributed by atoms with Crippen LogP contribution in [0.2, 0.25) is 0 Å². The second-order valence-electron chi connectivity index (χ2n) is 6.16. The molecule has 9 heteroatoms. The van der Waals surface area contributed by atoms with Crippen LogP contribution in [0.4, 0.5) is 24.5 Å². The van der Waals surface area contributed by atoms with Crippen molar-refractivity contribution in [3.63, 3.8) is 0 Å². The first kappa shape index (κ1) is 19.0. The Kier molecular flexibility index (Phi) is 5.56. The molecular formula is C16H20F3N3O3. The van der Waals surface area contributed by atoms with Crippen molar-refractivity contribution in [2.45, 2.75) is 31.5 Å². The van der Waals surface area contributed by atoms with E-state index in [1.165, 1.54) is 7.11 Å². The van der Waals surface area contributed by atoms with E-state index in [9.17, 15) is 22.8 Å². The van der Waals surface area contributed by atoms with Gasteiger partial charge in [0.15, 0.2) is 0 Å². The number of alkyl halides is 3. The zero-order valence-corrected chi connectivity index (χ0v) is 13.6. The summed E-state index contributed by atoms with van der Waals surface area (Å²) < 4.78 is 43.5. The lowest BCUT2D eigenvalue weighted by molar-refractivity contribution is -0.137. The van der Waals surface area contributed by atoms with Gasteiger partial charge in [0.2, 0.25) is 11.8 Å². The number of methoxy groups -OCH3 is 1. The SMILES string of the molecule is COC(CC(=O)Nc1cc(C(F)(F)F)ccc1N)C1CC(C(N)=O)C1. The number of nitrogen functional groups attached to an aromatic ring is 1. The molecule has 0 aromatic heterocycles. The molecule has 1 aromatic rings. The average Bonchev–Trinajstić information content (AvgIpc) is 2.45. The van der Waals surface area contributed by atoms with E-state index in [0.29, 0.717) is 12.8 Å². The molecule has 0 radical (unpaired) electrons. The van der Waals surface area contributed by atoms with Gasteiger partial charge < -0.3 is 21.5 Å². The number of rotatable bonds is 6. The number of primary amides is 1. The van der Waals surface area contributed by atoms with E-state index < -0.39 is 23.8 Å². The number of hydrogen-bond donors (Lipinski definition) is 3. The van der Waals surface area contributed by atoms with Crippen LogP contribution in [0, 0.1) is 11.8 Å². The zero-order chi connectivity index (χ0) is 18.8. The molecule has 6 nitrogen and oxygen atoms in total. The highest BCUT2D eigenvalue weighted by Crippen LogP contribution is 2.38. The fraction of sp³-hybridized carbons (Fsp3) is 0.500. The van der Waals surface area contributed by atoms with Crippen LogP contribution in [0.25, 0.3) is 0 Å². The van der Waals surface area contributed by atoms with E-state index in [-0.39, 0.29) is 35.5 Å². The molecule has 1 fully saturated rings. The van der Waals surface area contributed by atoms with E-state index >= 15 is 0 Å². The molecule has 2 amide bonds. The lowest BCUT2D eigenvalue weighted by Gasteiger charge is -2.37. The number of halogens is 3. The van der Waals surface area contributed by atoms with Gasteiger partial charge in [-0.05, 0) is 37.0 Å². The molecule has 0 spiro atoms. The number of hydrogen-bond acceptors (Lipinski definition) is 4. The number of nitrogens with two attached hydrogens (primary N) is 2. The predicted octanol–water partition coefficient (Wildman–Crippen LogP) is 2.14. The third kappa shape index (κ3) is 4.62. The first-order valence-corrected chi connectivity index (χ1v) is 7.70. The molecule has 1 aromatic carbocycles. The summed E-state index contributed by atoms with van der Waals surface area (Å²) in [6.45, 7) is 0. The number of carbonyl (C=O) groups is 2.